The molecule has 0 bridgehead atoms. The Morgan fingerprint density at radius 1 is 1.18 bits per heavy atom. The maximum atomic E-state index is 12.2. The van der Waals surface area contributed by atoms with Crippen LogP contribution in [0.15, 0.2) is 0 Å². The average Bonchev–Trinajstić information content (AvgIpc) is 2.79. The van der Waals surface area contributed by atoms with Gasteiger partial charge in [0.05, 0.1) is 5.75 Å². The van der Waals surface area contributed by atoms with Gasteiger partial charge >= 0.3 is 0 Å². The van der Waals surface area contributed by atoms with Gasteiger partial charge in [-0.05, 0) is 44.2 Å². The molecule has 2 aliphatic rings. The number of hydrogen-bond acceptors (Lipinski definition) is 4. The molecule has 0 aliphatic carbocycles. The summed E-state index contributed by atoms with van der Waals surface area (Å²) in [5.41, 5.74) is 0. The zero-order chi connectivity index (χ0) is 12.3. The van der Waals surface area contributed by atoms with Gasteiger partial charge in [0, 0.05) is 19.7 Å². The lowest BCUT2D eigenvalue weighted by Crippen LogP contribution is -2.37. The van der Waals surface area contributed by atoms with Crippen molar-refractivity contribution < 1.29 is 13.5 Å². The highest BCUT2D eigenvalue weighted by Crippen LogP contribution is 2.22. The average molecular weight is 262 g/mol. The normalized spacial score (nSPS) is 28.6. The number of aliphatic hydroxyl groups is 1. The summed E-state index contributed by atoms with van der Waals surface area (Å²) in [5, 5.41) is 12.3. The Hall–Kier alpha value is -0.170. The number of aliphatic hydroxyl groups excluding tert-OH is 1. The first-order valence-corrected chi connectivity index (χ1v) is 8.02. The molecule has 1 atom stereocenters. The summed E-state index contributed by atoms with van der Waals surface area (Å²) in [7, 11) is -3.11. The fraction of sp³-hybridized carbons (Fsp3) is 1.00. The van der Waals surface area contributed by atoms with Crippen LogP contribution in [0, 0.1) is 11.8 Å². The Labute approximate surface area is 103 Å². The minimum atomic E-state index is -3.11. The lowest BCUT2D eigenvalue weighted by molar-refractivity contribution is 0.233. The summed E-state index contributed by atoms with van der Waals surface area (Å²) in [6.07, 6.45) is 2.70. The summed E-state index contributed by atoms with van der Waals surface area (Å²) in [4.78, 5) is 0. The van der Waals surface area contributed by atoms with Gasteiger partial charge in [-0.15, -0.1) is 0 Å². The summed E-state index contributed by atoms with van der Waals surface area (Å²) in [6, 6.07) is 0. The second-order valence-corrected chi connectivity index (χ2v) is 7.18. The lowest BCUT2D eigenvalue weighted by Gasteiger charge is -2.25. The van der Waals surface area contributed by atoms with Crippen molar-refractivity contribution in [3.8, 4) is 0 Å². The Balaban J connectivity index is 1.90. The van der Waals surface area contributed by atoms with Crippen molar-refractivity contribution in [1.29, 1.82) is 0 Å². The first kappa shape index (κ1) is 13.3. The zero-order valence-electron chi connectivity index (χ0n) is 10.1. The monoisotopic (exact) mass is 262 g/mol. The van der Waals surface area contributed by atoms with Crippen molar-refractivity contribution in [3.63, 3.8) is 0 Å². The largest absolute Gasteiger partial charge is 0.396 e. The van der Waals surface area contributed by atoms with E-state index in [9.17, 15) is 8.42 Å². The highest BCUT2D eigenvalue weighted by molar-refractivity contribution is 7.89. The van der Waals surface area contributed by atoms with Gasteiger partial charge in [0.25, 0.3) is 0 Å². The minimum Gasteiger partial charge on any atom is -0.396 e. The standard InChI is InChI=1S/C11H22N2O3S/c14-8-11-3-6-13(7-11)17(15,16)9-10-1-4-12-5-2-10/h10-12,14H,1-9H2. The van der Waals surface area contributed by atoms with Crippen LogP contribution in [0.2, 0.25) is 0 Å². The van der Waals surface area contributed by atoms with Crippen LogP contribution in [0.25, 0.3) is 0 Å². The Morgan fingerprint density at radius 3 is 2.47 bits per heavy atom. The number of hydrogen-bond donors (Lipinski definition) is 2. The second kappa shape index (κ2) is 5.65. The molecule has 0 spiro atoms. The SMILES string of the molecule is O=S(=O)(CC1CCNCC1)N1CCC(CO)C1. The van der Waals surface area contributed by atoms with Gasteiger partial charge in [0.1, 0.15) is 0 Å². The molecule has 0 radical (unpaired) electrons. The highest BCUT2D eigenvalue weighted by atomic mass is 32.2. The third kappa shape index (κ3) is 3.40. The molecular formula is C11H22N2O3S. The van der Waals surface area contributed by atoms with E-state index in [0.717, 1.165) is 32.4 Å². The molecule has 2 rings (SSSR count). The first-order chi connectivity index (χ1) is 8.12. The van der Waals surface area contributed by atoms with E-state index in [4.69, 9.17) is 5.11 Å². The van der Waals surface area contributed by atoms with E-state index >= 15 is 0 Å². The number of nitrogens with zero attached hydrogens (tertiary/aromatic N) is 1. The predicted molar refractivity (Wildman–Crippen MR) is 66.1 cm³/mol. The molecule has 100 valence electrons. The fourth-order valence-corrected chi connectivity index (χ4v) is 4.61. The van der Waals surface area contributed by atoms with Crippen LogP contribution < -0.4 is 5.32 Å². The van der Waals surface area contributed by atoms with Gasteiger partial charge < -0.3 is 10.4 Å². The van der Waals surface area contributed by atoms with Gasteiger partial charge in [0.2, 0.25) is 10.0 Å². The van der Waals surface area contributed by atoms with Crippen LogP contribution >= 0.6 is 0 Å². The Kier molecular flexibility index (Phi) is 4.41. The van der Waals surface area contributed by atoms with Crippen molar-refractivity contribution >= 4 is 10.0 Å². The zero-order valence-corrected chi connectivity index (χ0v) is 11.0. The summed E-state index contributed by atoms with van der Waals surface area (Å²) >= 11 is 0. The van der Waals surface area contributed by atoms with E-state index in [1.54, 1.807) is 4.31 Å². The molecule has 2 aliphatic heterocycles. The molecule has 0 aromatic rings. The van der Waals surface area contributed by atoms with Crippen LogP contribution in [0.4, 0.5) is 0 Å². The topological polar surface area (TPSA) is 69.6 Å². The van der Waals surface area contributed by atoms with E-state index in [2.05, 4.69) is 5.32 Å². The second-order valence-electron chi connectivity index (χ2n) is 5.17. The molecule has 6 heteroatoms. The molecule has 0 aromatic heterocycles. The number of rotatable bonds is 4. The number of nitrogens with one attached hydrogen (secondary N) is 1. The predicted octanol–water partition coefficient (Wildman–Crippen LogP) is -0.370. The summed E-state index contributed by atoms with van der Waals surface area (Å²) < 4.78 is 25.9. The highest BCUT2D eigenvalue weighted by Gasteiger charge is 2.32. The van der Waals surface area contributed by atoms with Gasteiger partial charge in [-0.1, -0.05) is 0 Å². The van der Waals surface area contributed by atoms with Crippen molar-refractivity contribution in [1.82, 2.24) is 9.62 Å². The fourth-order valence-electron chi connectivity index (χ4n) is 2.65. The van der Waals surface area contributed by atoms with Crippen LogP contribution in [-0.2, 0) is 10.0 Å². The third-order valence-electron chi connectivity index (χ3n) is 3.81. The molecule has 5 nitrogen and oxygen atoms in total. The maximum Gasteiger partial charge on any atom is 0.214 e. The van der Waals surface area contributed by atoms with E-state index in [1.165, 1.54) is 0 Å². The van der Waals surface area contributed by atoms with E-state index < -0.39 is 10.0 Å². The number of sulfonamides is 1. The third-order valence-corrected chi connectivity index (χ3v) is 5.82. The van der Waals surface area contributed by atoms with Gasteiger partial charge in [-0.25, -0.2) is 12.7 Å². The van der Waals surface area contributed by atoms with E-state index in [-0.39, 0.29) is 18.3 Å². The quantitative estimate of drug-likeness (QED) is 0.725. The smallest absolute Gasteiger partial charge is 0.214 e. The molecule has 0 aromatic carbocycles. The van der Waals surface area contributed by atoms with Crippen molar-refractivity contribution in [2.45, 2.75) is 19.3 Å². The molecule has 2 fully saturated rings. The summed E-state index contributed by atoms with van der Waals surface area (Å²) in [6.45, 7) is 3.04. The maximum absolute atomic E-state index is 12.2. The number of piperidine rings is 1. The molecular weight excluding hydrogens is 240 g/mol. The van der Waals surface area contributed by atoms with E-state index in [1.807, 2.05) is 0 Å². The van der Waals surface area contributed by atoms with Crippen LogP contribution in [0.3, 0.4) is 0 Å². The molecule has 17 heavy (non-hydrogen) atoms. The first-order valence-electron chi connectivity index (χ1n) is 6.41. The molecule has 1 unspecified atom stereocenters. The van der Waals surface area contributed by atoms with Crippen molar-refractivity contribution in [2.24, 2.45) is 11.8 Å². The van der Waals surface area contributed by atoms with Crippen LogP contribution in [0.1, 0.15) is 19.3 Å². The minimum absolute atomic E-state index is 0.0966. The lowest BCUT2D eigenvalue weighted by atomic mass is 10.0. The van der Waals surface area contributed by atoms with Crippen LogP contribution in [0.5, 0.6) is 0 Å². The van der Waals surface area contributed by atoms with E-state index in [0.29, 0.717) is 19.0 Å². The van der Waals surface area contributed by atoms with Crippen LogP contribution in [-0.4, -0.2) is 56.4 Å². The van der Waals surface area contributed by atoms with Gasteiger partial charge in [-0.2, -0.15) is 0 Å². The Bertz CT molecular complexity index is 339. The van der Waals surface area contributed by atoms with Gasteiger partial charge in [-0.3, -0.25) is 0 Å². The van der Waals surface area contributed by atoms with Crippen molar-refractivity contribution in [3.05, 3.63) is 0 Å². The molecule has 0 amide bonds. The molecule has 2 saturated heterocycles. The Morgan fingerprint density at radius 2 is 1.88 bits per heavy atom. The van der Waals surface area contributed by atoms with Crippen molar-refractivity contribution in [2.75, 3.05) is 38.5 Å². The molecule has 2 heterocycles. The molecule has 0 saturated carbocycles. The molecule has 2 N–H and O–H groups in total. The summed E-state index contributed by atoms with van der Waals surface area (Å²) in [5.74, 6) is 0.722. The van der Waals surface area contributed by atoms with Gasteiger partial charge in [0.15, 0.2) is 0 Å².